The van der Waals surface area contributed by atoms with Crippen molar-refractivity contribution in [3.63, 3.8) is 0 Å². The first kappa shape index (κ1) is 33.4. The molecule has 4 aromatic heterocycles. The molecule has 0 radical (unpaired) electrons. The highest BCUT2D eigenvalue weighted by Gasteiger charge is 2.30. The lowest BCUT2D eigenvalue weighted by molar-refractivity contribution is -0.137. The van der Waals surface area contributed by atoms with Crippen LogP contribution < -0.4 is 26.7 Å². The van der Waals surface area contributed by atoms with Crippen molar-refractivity contribution in [2.45, 2.75) is 6.18 Å². The smallest absolute Gasteiger partial charge is 0.416 e. The number of aromatic nitrogens is 4. The van der Waals surface area contributed by atoms with Gasteiger partial charge >= 0.3 is 12.1 Å². The van der Waals surface area contributed by atoms with Gasteiger partial charge in [-0.3, -0.25) is 0 Å². The molecular weight excluding hydrogens is 668 g/mol. The molecule has 11 nitrogen and oxygen atoms in total. The number of nitrogen functional groups attached to an aromatic ring is 3. The number of benzene rings is 3. The lowest BCUT2D eigenvalue weighted by Crippen LogP contribution is -2.04. The van der Waals surface area contributed by atoms with Gasteiger partial charge in [-0.25, -0.2) is 14.8 Å². The molecular formula is C32H24F3N7O4S2. The van der Waals surface area contributed by atoms with Crippen LogP contribution in [0.1, 0.15) is 15.9 Å². The van der Waals surface area contributed by atoms with E-state index in [9.17, 15) is 18.0 Å². The van der Waals surface area contributed by atoms with Crippen molar-refractivity contribution in [1.29, 1.82) is 0 Å². The fourth-order valence-corrected chi connectivity index (χ4v) is 5.80. The van der Waals surface area contributed by atoms with Gasteiger partial charge in [-0.2, -0.15) is 23.1 Å². The number of halogens is 3. The summed E-state index contributed by atoms with van der Waals surface area (Å²) in [6, 6.07) is 21.0. The van der Waals surface area contributed by atoms with Crippen molar-refractivity contribution in [1.82, 2.24) is 19.9 Å². The maximum atomic E-state index is 11.9. The van der Waals surface area contributed by atoms with Crippen molar-refractivity contribution >= 4 is 66.4 Å². The van der Waals surface area contributed by atoms with E-state index >= 15 is 0 Å². The van der Waals surface area contributed by atoms with Crippen LogP contribution in [0.25, 0.3) is 20.2 Å². The van der Waals surface area contributed by atoms with Crippen molar-refractivity contribution in [2.75, 3.05) is 17.2 Å². The normalized spacial score (nSPS) is 10.8. The van der Waals surface area contributed by atoms with E-state index in [-0.39, 0.29) is 17.6 Å². The SMILES string of the molecule is Nc1cccc(C(F)(F)F)c1.Nc1nccc(Oc2ccc3c(C(=O)O)csc3c2)n1.Nc1nccc(Oc2ccc3ccsc3c2)n1. The van der Waals surface area contributed by atoms with Crippen LogP contribution in [0.5, 0.6) is 23.3 Å². The minimum atomic E-state index is -4.30. The Morgan fingerprint density at radius 1 is 0.750 bits per heavy atom. The number of rotatable bonds is 5. The number of carboxylic acid groups (broad SMARTS) is 1. The lowest BCUT2D eigenvalue weighted by atomic mass is 10.2. The van der Waals surface area contributed by atoms with Gasteiger partial charge in [0.15, 0.2) is 0 Å². The molecule has 0 amide bonds. The molecule has 7 N–H and O–H groups in total. The Labute approximate surface area is 278 Å². The highest BCUT2D eigenvalue weighted by molar-refractivity contribution is 7.17. The molecule has 0 unspecified atom stereocenters. The number of ether oxygens (including phenoxy) is 2. The molecule has 7 aromatic rings. The molecule has 0 aliphatic rings. The number of carbonyl (C=O) groups is 1. The monoisotopic (exact) mass is 691 g/mol. The quantitative estimate of drug-likeness (QED) is 0.128. The van der Waals surface area contributed by atoms with E-state index in [0.29, 0.717) is 28.5 Å². The molecule has 0 fully saturated rings. The topological polar surface area (TPSA) is 185 Å². The first-order valence-electron chi connectivity index (χ1n) is 13.6. The maximum Gasteiger partial charge on any atom is 0.416 e. The van der Waals surface area contributed by atoms with E-state index in [1.54, 1.807) is 53.2 Å². The predicted molar refractivity (Wildman–Crippen MR) is 180 cm³/mol. The minimum absolute atomic E-state index is 0.125. The summed E-state index contributed by atoms with van der Waals surface area (Å²) in [5.74, 6) is 1.51. The molecule has 0 spiro atoms. The average molecular weight is 692 g/mol. The summed E-state index contributed by atoms with van der Waals surface area (Å²) in [6.07, 6.45) is -1.22. The molecule has 4 heterocycles. The van der Waals surface area contributed by atoms with Crippen molar-refractivity contribution in [2.24, 2.45) is 0 Å². The standard InChI is InChI=1S/C13H9N3O3S.C12H9N3OS.C7H6F3N/c14-13-15-4-3-11(16-13)19-7-1-2-8-9(12(17)18)6-20-10(8)5-7;13-12-14-5-3-11(15-12)16-9-2-1-8-4-6-17-10(8)7-9;8-7(9,10)5-2-1-3-6(11)4-5/h1-6H,(H,17,18)(H2,14,15,16);1-7H,(H2,13,14,15);1-4H,11H2. The van der Waals surface area contributed by atoms with Crippen LogP contribution in [0.3, 0.4) is 0 Å². The van der Waals surface area contributed by atoms with Gasteiger partial charge in [0.1, 0.15) is 11.5 Å². The predicted octanol–water partition coefficient (Wildman–Crippen LogP) is 8.12. The summed E-state index contributed by atoms with van der Waals surface area (Å²) in [4.78, 5) is 26.5. The molecule has 0 aliphatic carbocycles. The van der Waals surface area contributed by atoms with Crippen LogP contribution in [-0.2, 0) is 6.18 Å². The van der Waals surface area contributed by atoms with E-state index in [0.717, 1.165) is 22.6 Å². The molecule has 0 bridgehead atoms. The summed E-state index contributed by atoms with van der Waals surface area (Å²) < 4.78 is 48.9. The van der Waals surface area contributed by atoms with Crippen molar-refractivity contribution < 1.29 is 32.5 Å². The number of carboxylic acids is 1. The first-order valence-corrected chi connectivity index (χ1v) is 15.4. The molecule has 244 valence electrons. The van der Waals surface area contributed by atoms with Crippen LogP contribution in [0, 0.1) is 0 Å². The third-order valence-electron chi connectivity index (χ3n) is 6.16. The van der Waals surface area contributed by atoms with Gasteiger partial charge in [-0.15, -0.1) is 22.7 Å². The highest BCUT2D eigenvalue weighted by Crippen LogP contribution is 2.32. The molecule has 7 rings (SSSR count). The second-order valence-electron chi connectivity index (χ2n) is 9.57. The largest absolute Gasteiger partial charge is 0.478 e. The first-order chi connectivity index (χ1) is 22.9. The van der Waals surface area contributed by atoms with Crippen molar-refractivity contribution in [3.8, 4) is 23.3 Å². The summed E-state index contributed by atoms with van der Waals surface area (Å²) >= 11 is 3.03. The van der Waals surface area contributed by atoms with Gasteiger partial charge in [0.25, 0.3) is 0 Å². The third kappa shape index (κ3) is 8.83. The summed E-state index contributed by atoms with van der Waals surface area (Å²) in [5, 5.41) is 14.6. The molecule has 16 heteroatoms. The number of hydrogen-bond acceptors (Lipinski definition) is 12. The number of thiophene rings is 2. The number of hydrogen-bond donors (Lipinski definition) is 4. The van der Waals surface area contributed by atoms with E-state index in [4.69, 9.17) is 31.8 Å². The summed E-state index contributed by atoms with van der Waals surface area (Å²) in [6.45, 7) is 0. The number of anilines is 3. The molecule has 48 heavy (non-hydrogen) atoms. The zero-order valence-corrected chi connectivity index (χ0v) is 26.1. The second kappa shape index (κ2) is 14.6. The zero-order valence-electron chi connectivity index (χ0n) is 24.5. The summed E-state index contributed by atoms with van der Waals surface area (Å²) in [7, 11) is 0. The minimum Gasteiger partial charge on any atom is -0.478 e. The molecule has 0 aliphatic heterocycles. The lowest BCUT2D eigenvalue weighted by Gasteiger charge is -2.05. The van der Waals surface area contributed by atoms with Gasteiger partial charge in [0.05, 0.1) is 11.1 Å². The Morgan fingerprint density at radius 3 is 1.94 bits per heavy atom. The highest BCUT2D eigenvalue weighted by atomic mass is 32.1. The Kier molecular flexibility index (Phi) is 10.2. The van der Waals surface area contributed by atoms with Crippen LogP contribution in [-0.4, -0.2) is 31.0 Å². The molecule has 3 aromatic carbocycles. The Morgan fingerprint density at radius 2 is 1.38 bits per heavy atom. The number of nitrogens with two attached hydrogens (primary N) is 3. The van der Waals surface area contributed by atoms with Crippen LogP contribution >= 0.6 is 22.7 Å². The van der Waals surface area contributed by atoms with E-state index in [1.165, 1.54) is 39.8 Å². The summed E-state index contributed by atoms with van der Waals surface area (Å²) in [5.41, 5.74) is 15.8. The maximum absolute atomic E-state index is 11.9. The Hall–Kier alpha value is -6.00. The average Bonchev–Trinajstić information content (AvgIpc) is 3.68. The van der Waals surface area contributed by atoms with E-state index in [1.807, 2.05) is 18.2 Å². The fraction of sp³-hybridized carbons (Fsp3) is 0.0312. The van der Waals surface area contributed by atoms with Crippen LogP contribution in [0.4, 0.5) is 30.8 Å². The Balaban J connectivity index is 0.000000147. The van der Waals surface area contributed by atoms with Gasteiger partial charge in [-0.1, -0.05) is 6.07 Å². The fourth-order valence-electron chi connectivity index (χ4n) is 4.02. The van der Waals surface area contributed by atoms with Crippen molar-refractivity contribution in [3.05, 3.63) is 113 Å². The Bertz CT molecular complexity index is 2190. The molecule has 0 atom stereocenters. The van der Waals surface area contributed by atoms with Gasteiger partial charge in [-0.05, 0) is 71.4 Å². The van der Waals surface area contributed by atoms with Gasteiger partial charge < -0.3 is 31.8 Å². The number of nitrogens with zero attached hydrogens (tertiary/aromatic N) is 4. The van der Waals surface area contributed by atoms with Gasteiger partial charge in [0.2, 0.25) is 23.7 Å². The third-order valence-corrected chi connectivity index (χ3v) is 7.99. The number of alkyl halides is 3. The van der Waals surface area contributed by atoms with Crippen LogP contribution in [0.2, 0.25) is 0 Å². The van der Waals surface area contributed by atoms with E-state index < -0.39 is 17.7 Å². The van der Waals surface area contributed by atoms with Crippen LogP contribution in [0.15, 0.2) is 102 Å². The number of aromatic carboxylic acids is 1. The molecule has 0 saturated carbocycles. The van der Waals surface area contributed by atoms with Gasteiger partial charge in [0, 0.05) is 50.4 Å². The second-order valence-corrected chi connectivity index (χ2v) is 11.4. The molecule has 0 saturated heterocycles. The zero-order chi connectivity index (χ0) is 34.3. The van der Waals surface area contributed by atoms with E-state index in [2.05, 4.69) is 31.4 Å². The number of fused-ring (bicyclic) bond motifs is 2.